The number of hydrogen-bond acceptors (Lipinski definition) is 1. The molecule has 0 atom stereocenters. The first-order valence-electron chi connectivity index (χ1n) is 7.80. The quantitative estimate of drug-likeness (QED) is 0.767. The first-order valence-corrected chi connectivity index (χ1v) is 7.80. The summed E-state index contributed by atoms with van der Waals surface area (Å²) in [5, 5.41) is 0. The maximum atomic E-state index is 5.58. The Bertz CT molecular complexity index is 611. The van der Waals surface area contributed by atoms with Gasteiger partial charge in [-0.2, -0.15) is 0 Å². The van der Waals surface area contributed by atoms with E-state index in [1.54, 1.807) is 0 Å². The highest BCUT2D eigenvalue weighted by molar-refractivity contribution is 5.73. The van der Waals surface area contributed by atoms with Crippen molar-refractivity contribution < 1.29 is 0 Å². The molecule has 0 aromatic heterocycles. The maximum Gasteiger partial charge on any atom is -0.00741 e. The Morgan fingerprint density at radius 2 is 1.86 bits per heavy atom. The Labute approximate surface area is 128 Å². The highest BCUT2D eigenvalue weighted by atomic mass is 14.5. The topological polar surface area (TPSA) is 26.0 Å². The van der Waals surface area contributed by atoms with Crippen molar-refractivity contribution in [2.24, 2.45) is 5.73 Å². The van der Waals surface area contributed by atoms with Crippen molar-refractivity contribution >= 4 is 12.2 Å². The van der Waals surface area contributed by atoms with E-state index in [2.05, 4.69) is 68.5 Å². The molecule has 110 valence electrons. The van der Waals surface area contributed by atoms with Crippen LogP contribution in [0.15, 0.2) is 42.5 Å². The second-order valence-corrected chi connectivity index (χ2v) is 5.47. The van der Waals surface area contributed by atoms with Gasteiger partial charge in [-0.25, -0.2) is 0 Å². The second-order valence-electron chi connectivity index (χ2n) is 5.47. The van der Waals surface area contributed by atoms with E-state index in [9.17, 15) is 0 Å². The Balaban J connectivity index is 2.21. The van der Waals surface area contributed by atoms with Gasteiger partial charge in [0, 0.05) is 0 Å². The molecule has 21 heavy (non-hydrogen) atoms. The van der Waals surface area contributed by atoms with Gasteiger partial charge in [0.1, 0.15) is 0 Å². The van der Waals surface area contributed by atoms with Gasteiger partial charge in [0.25, 0.3) is 0 Å². The molecule has 0 amide bonds. The predicted molar refractivity (Wildman–Crippen MR) is 93.3 cm³/mol. The summed E-state index contributed by atoms with van der Waals surface area (Å²) in [7, 11) is 0. The number of aryl methyl sites for hydroxylation is 3. The molecule has 0 heterocycles. The zero-order valence-electron chi connectivity index (χ0n) is 13.1. The van der Waals surface area contributed by atoms with Gasteiger partial charge in [0.15, 0.2) is 0 Å². The van der Waals surface area contributed by atoms with Crippen molar-refractivity contribution in [2.45, 2.75) is 33.1 Å². The summed E-state index contributed by atoms with van der Waals surface area (Å²) in [6.07, 6.45) is 7.63. The molecule has 0 aliphatic heterocycles. The Kier molecular flexibility index (Phi) is 5.77. The van der Waals surface area contributed by atoms with Gasteiger partial charge in [0.05, 0.1) is 0 Å². The van der Waals surface area contributed by atoms with E-state index in [1.807, 2.05) is 0 Å². The molecule has 2 aromatic rings. The van der Waals surface area contributed by atoms with Gasteiger partial charge in [0.2, 0.25) is 0 Å². The van der Waals surface area contributed by atoms with E-state index in [-0.39, 0.29) is 0 Å². The van der Waals surface area contributed by atoms with Crippen molar-refractivity contribution in [1.82, 2.24) is 0 Å². The molecule has 0 saturated carbocycles. The van der Waals surface area contributed by atoms with Crippen LogP contribution in [0.5, 0.6) is 0 Å². The number of rotatable bonds is 6. The predicted octanol–water partition coefficient (Wildman–Crippen LogP) is 4.62. The van der Waals surface area contributed by atoms with Crippen LogP contribution in [-0.2, 0) is 12.8 Å². The molecule has 0 radical (unpaired) electrons. The summed E-state index contributed by atoms with van der Waals surface area (Å²) in [6, 6.07) is 15.3. The first-order chi connectivity index (χ1) is 10.2. The van der Waals surface area contributed by atoms with Crippen LogP contribution in [0.3, 0.4) is 0 Å². The second kappa shape index (κ2) is 7.80. The molecule has 1 nitrogen and oxygen atoms in total. The molecule has 0 bridgehead atoms. The molecule has 0 aliphatic rings. The van der Waals surface area contributed by atoms with Crippen molar-refractivity contribution in [3.63, 3.8) is 0 Å². The summed E-state index contributed by atoms with van der Waals surface area (Å²) < 4.78 is 0. The number of nitrogens with two attached hydrogens (primary N) is 1. The third kappa shape index (κ3) is 4.30. The average Bonchev–Trinajstić information content (AvgIpc) is 2.52. The van der Waals surface area contributed by atoms with E-state index in [0.717, 1.165) is 25.8 Å². The van der Waals surface area contributed by atoms with Crippen LogP contribution < -0.4 is 5.73 Å². The lowest BCUT2D eigenvalue weighted by atomic mass is 9.98. The summed E-state index contributed by atoms with van der Waals surface area (Å²) in [4.78, 5) is 0. The van der Waals surface area contributed by atoms with Gasteiger partial charge < -0.3 is 5.73 Å². The highest BCUT2D eigenvalue weighted by Gasteiger charge is 2.00. The normalized spacial score (nSPS) is 11.2. The van der Waals surface area contributed by atoms with Gasteiger partial charge in [-0.05, 0) is 60.5 Å². The lowest BCUT2D eigenvalue weighted by Gasteiger charge is -2.07. The SMILES string of the molecule is CCc1cccc(C)c1/C=C/c1cccc(CCCN)c1. The molecule has 2 rings (SSSR count). The van der Waals surface area contributed by atoms with Crippen molar-refractivity contribution in [3.8, 4) is 0 Å². The summed E-state index contributed by atoms with van der Waals surface area (Å²) >= 11 is 0. The van der Waals surface area contributed by atoms with Gasteiger partial charge in [-0.1, -0.05) is 61.5 Å². The van der Waals surface area contributed by atoms with E-state index < -0.39 is 0 Å². The third-order valence-electron chi connectivity index (χ3n) is 3.86. The lowest BCUT2D eigenvalue weighted by molar-refractivity contribution is 0.832. The van der Waals surface area contributed by atoms with Crippen molar-refractivity contribution in [2.75, 3.05) is 6.54 Å². The van der Waals surface area contributed by atoms with Crippen LogP contribution in [0.1, 0.15) is 41.2 Å². The molecular weight excluding hydrogens is 254 g/mol. The minimum absolute atomic E-state index is 0.753. The summed E-state index contributed by atoms with van der Waals surface area (Å²) in [5.41, 5.74) is 12.3. The molecule has 0 spiro atoms. The third-order valence-corrected chi connectivity index (χ3v) is 3.86. The fraction of sp³-hybridized carbons (Fsp3) is 0.300. The van der Waals surface area contributed by atoms with Crippen molar-refractivity contribution in [1.29, 1.82) is 0 Å². The molecule has 0 aliphatic carbocycles. The standard InChI is InChI=1S/C20H25N/c1-3-19-11-4-7-16(2)20(19)13-12-18-9-5-8-17(15-18)10-6-14-21/h4-5,7-9,11-13,15H,3,6,10,14,21H2,1-2H3/b13-12+. The zero-order chi connectivity index (χ0) is 15.1. The van der Waals surface area contributed by atoms with Crippen LogP contribution in [0.2, 0.25) is 0 Å². The maximum absolute atomic E-state index is 5.58. The largest absolute Gasteiger partial charge is 0.330 e. The number of hydrogen-bond donors (Lipinski definition) is 1. The van der Waals surface area contributed by atoms with Crippen LogP contribution >= 0.6 is 0 Å². The van der Waals surface area contributed by atoms with Crippen LogP contribution in [0.4, 0.5) is 0 Å². The monoisotopic (exact) mass is 279 g/mol. The smallest absolute Gasteiger partial charge is 0.00741 e. The average molecular weight is 279 g/mol. The van der Waals surface area contributed by atoms with Crippen LogP contribution in [0.25, 0.3) is 12.2 Å². The Hall–Kier alpha value is -1.86. The lowest BCUT2D eigenvalue weighted by Crippen LogP contribution is -2.00. The minimum Gasteiger partial charge on any atom is -0.330 e. The number of benzene rings is 2. The minimum atomic E-state index is 0.753. The molecular formula is C20H25N. The summed E-state index contributed by atoms with van der Waals surface area (Å²) in [6.45, 7) is 5.14. The van der Waals surface area contributed by atoms with Crippen LogP contribution in [-0.4, -0.2) is 6.54 Å². The molecule has 1 heteroatoms. The zero-order valence-corrected chi connectivity index (χ0v) is 13.1. The Morgan fingerprint density at radius 1 is 1.05 bits per heavy atom. The van der Waals surface area contributed by atoms with Crippen LogP contribution in [0, 0.1) is 6.92 Å². The fourth-order valence-corrected chi connectivity index (χ4v) is 2.63. The molecule has 0 fully saturated rings. The Morgan fingerprint density at radius 3 is 2.62 bits per heavy atom. The highest BCUT2D eigenvalue weighted by Crippen LogP contribution is 2.19. The van der Waals surface area contributed by atoms with E-state index in [1.165, 1.54) is 27.8 Å². The van der Waals surface area contributed by atoms with Gasteiger partial charge >= 0.3 is 0 Å². The summed E-state index contributed by atoms with van der Waals surface area (Å²) in [5.74, 6) is 0. The molecule has 2 N–H and O–H groups in total. The molecule has 0 saturated heterocycles. The van der Waals surface area contributed by atoms with E-state index in [4.69, 9.17) is 5.73 Å². The fourth-order valence-electron chi connectivity index (χ4n) is 2.63. The van der Waals surface area contributed by atoms with E-state index >= 15 is 0 Å². The van der Waals surface area contributed by atoms with Crippen molar-refractivity contribution in [3.05, 3.63) is 70.3 Å². The molecule has 2 aromatic carbocycles. The van der Waals surface area contributed by atoms with E-state index in [0.29, 0.717) is 0 Å². The first kappa shape index (κ1) is 15.5. The van der Waals surface area contributed by atoms with Gasteiger partial charge in [-0.3, -0.25) is 0 Å². The molecule has 0 unspecified atom stereocenters. The van der Waals surface area contributed by atoms with Gasteiger partial charge in [-0.15, -0.1) is 0 Å².